The maximum Gasteiger partial charge on any atom is 0.261 e. The summed E-state index contributed by atoms with van der Waals surface area (Å²) in [7, 11) is 1.67. The van der Waals surface area contributed by atoms with Gasteiger partial charge in [0.25, 0.3) is 5.91 Å². The van der Waals surface area contributed by atoms with Crippen LogP contribution < -0.4 is 9.64 Å². The Morgan fingerprint density at radius 1 is 1.19 bits per heavy atom. The number of benzene rings is 1. The molecule has 138 valence electrons. The number of amides is 1. The number of carbonyl (C=O) groups excluding carboxylic acids is 1. The smallest absolute Gasteiger partial charge is 0.261 e. The number of anilines is 1. The lowest BCUT2D eigenvalue weighted by Crippen LogP contribution is -2.32. The highest BCUT2D eigenvalue weighted by atomic mass is 16.5. The van der Waals surface area contributed by atoms with Gasteiger partial charge >= 0.3 is 0 Å². The Morgan fingerprint density at radius 2 is 2.00 bits per heavy atom. The van der Waals surface area contributed by atoms with Gasteiger partial charge in [-0.25, -0.2) is 0 Å². The fourth-order valence-electron chi connectivity index (χ4n) is 4.35. The van der Waals surface area contributed by atoms with Gasteiger partial charge in [0.05, 0.1) is 30.6 Å². The van der Waals surface area contributed by atoms with E-state index in [9.17, 15) is 4.79 Å². The van der Waals surface area contributed by atoms with Crippen molar-refractivity contribution in [1.29, 1.82) is 0 Å². The Balaban J connectivity index is 1.68. The maximum absolute atomic E-state index is 13.4. The van der Waals surface area contributed by atoms with Crippen molar-refractivity contribution in [3.05, 3.63) is 41.2 Å². The number of fused-ring (bicyclic) bond motifs is 1. The molecular formula is C21H27N3O2. The molecule has 0 unspecified atom stereocenters. The molecule has 5 heteroatoms. The van der Waals surface area contributed by atoms with Crippen LogP contribution in [0.5, 0.6) is 5.75 Å². The lowest BCUT2D eigenvalue weighted by molar-refractivity contribution is 0.0986. The first kappa shape index (κ1) is 17.1. The molecular weight excluding hydrogens is 326 g/mol. The molecule has 0 spiro atoms. The highest BCUT2D eigenvalue weighted by Crippen LogP contribution is 2.33. The second-order valence-electron chi connectivity index (χ2n) is 7.44. The minimum Gasteiger partial charge on any atom is -0.497 e. The number of methoxy groups -OCH3 is 1. The van der Waals surface area contributed by atoms with Crippen molar-refractivity contribution >= 4 is 11.6 Å². The van der Waals surface area contributed by atoms with E-state index in [1.165, 1.54) is 31.2 Å². The molecule has 0 N–H and O–H groups in total. The minimum atomic E-state index is 0.0585. The summed E-state index contributed by atoms with van der Waals surface area (Å²) in [6.07, 6.45) is 9.73. The van der Waals surface area contributed by atoms with Crippen molar-refractivity contribution in [2.45, 2.75) is 57.9 Å². The Hall–Kier alpha value is -2.30. The van der Waals surface area contributed by atoms with Gasteiger partial charge in [0.15, 0.2) is 0 Å². The summed E-state index contributed by atoms with van der Waals surface area (Å²) >= 11 is 0. The quantitative estimate of drug-likeness (QED) is 0.826. The van der Waals surface area contributed by atoms with Crippen LogP contribution in [0.25, 0.3) is 0 Å². The Bertz CT molecular complexity index is 806. The van der Waals surface area contributed by atoms with Crippen molar-refractivity contribution < 1.29 is 9.53 Å². The zero-order valence-corrected chi connectivity index (χ0v) is 15.7. The third-order valence-electron chi connectivity index (χ3n) is 5.85. The molecule has 1 aliphatic heterocycles. The van der Waals surface area contributed by atoms with Gasteiger partial charge in [0, 0.05) is 18.3 Å². The summed E-state index contributed by atoms with van der Waals surface area (Å²) in [5.74, 6) is 0.852. The molecule has 0 saturated heterocycles. The van der Waals surface area contributed by atoms with Crippen molar-refractivity contribution in [3.8, 4) is 5.75 Å². The fourth-order valence-corrected chi connectivity index (χ4v) is 4.35. The average Bonchev–Trinajstić information content (AvgIpc) is 3.26. The number of aryl methyl sites for hydroxylation is 1. The van der Waals surface area contributed by atoms with E-state index in [4.69, 9.17) is 4.74 Å². The van der Waals surface area contributed by atoms with Crippen LogP contribution in [0.4, 0.5) is 5.69 Å². The average molecular weight is 353 g/mol. The molecule has 5 nitrogen and oxygen atoms in total. The summed E-state index contributed by atoms with van der Waals surface area (Å²) < 4.78 is 7.47. The first-order valence-electron chi connectivity index (χ1n) is 9.72. The Morgan fingerprint density at radius 3 is 2.77 bits per heavy atom. The van der Waals surface area contributed by atoms with E-state index in [1.807, 2.05) is 24.0 Å². The molecule has 1 aliphatic carbocycles. The second kappa shape index (κ2) is 7.14. The van der Waals surface area contributed by atoms with Gasteiger partial charge in [-0.15, -0.1) is 0 Å². The largest absolute Gasteiger partial charge is 0.497 e. The maximum atomic E-state index is 13.4. The van der Waals surface area contributed by atoms with E-state index in [-0.39, 0.29) is 5.91 Å². The number of rotatable bonds is 3. The first-order valence-corrected chi connectivity index (χ1v) is 9.72. The first-order chi connectivity index (χ1) is 12.7. The number of nitrogens with zero attached hydrogens (tertiary/aromatic N) is 3. The number of carbonyl (C=O) groups is 1. The molecule has 2 heterocycles. The summed E-state index contributed by atoms with van der Waals surface area (Å²) in [6, 6.07) is 6.52. The predicted octanol–water partition coefficient (Wildman–Crippen LogP) is 4.30. The van der Waals surface area contributed by atoms with Crippen LogP contribution in [-0.2, 0) is 6.42 Å². The molecule has 2 aromatic rings. The predicted molar refractivity (Wildman–Crippen MR) is 102 cm³/mol. The molecule has 1 aromatic heterocycles. The van der Waals surface area contributed by atoms with Crippen molar-refractivity contribution in [1.82, 2.24) is 9.78 Å². The van der Waals surface area contributed by atoms with Gasteiger partial charge in [-0.05, 0) is 50.7 Å². The van der Waals surface area contributed by atoms with Crippen molar-refractivity contribution in [2.75, 3.05) is 18.6 Å². The van der Waals surface area contributed by atoms with E-state index in [2.05, 4.69) is 15.8 Å². The monoisotopic (exact) mass is 353 g/mol. The van der Waals surface area contributed by atoms with E-state index >= 15 is 0 Å². The standard InChI is InChI=1S/C21H27N3O2/c1-15-19(14-22-24(15)17-8-3-4-9-17)21(25)23-12-6-5-7-16-10-11-18(26-2)13-20(16)23/h10-11,13-14,17H,3-9,12H2,1-2H3. The van der Waals surface area contributed by atoms with Crippen molar-refractivity contribution in [3.63, 3.8) is 0 Å². The molecule has 4 rings (SSSR count). The SMILES string of the molecule is COc1ccc2c(c1)N(C(=O)c1cnn(C3CCCC3)c1C)CCCC2. The van der Waals surface area contributed by atoms with Gasteiger partial charge in [-0.3, -0.25) is 9.48 Å². The van der Waals surface area contributed by atoms with Gasteiger partial charge in [0.1, 0.15) is 5.75 Å². The third kappa shape index (κ3) is 3.00. The lowest BCUT2D eigenvalue weighted by Gasteiger charge is -2.23. The highest BCUT2D eigenvalue weighted by molar-refractivity contribution is 6.07. The summed E-state index contributed by atoms with van der Waals surface area (Å²) in [5.41, 5.74) is 3.93. The fraction of sp³-hybridized carbons (Fsp3) is 0.524. The van der Waals surface area contributed by atoms with E-state index in [0.29, 0.717) is 6.04 Å². The Labute approximate surface area is 154 Å². The molecule has 2 aliphatic rings. The van der Waals surface area contributed by atoms with Gasteiger partial charge in [0.2, 0.25) is 0 Å². The van der Waals surface area contributed by atoms with Gasteiger partial charge in [-0.1, -0.05) is 18.9 Å². The number of hydrogen-bond acceptors (Lipinski definition) is 3. The van der Waals surface area contributed by atoms with Crippen LogP contribution in [0.15, 0.2) is 24.4 Å². The summed E-state index contributed by atoms with van der Waals surface area (Å²) in [4.78, 5) is 15.3. The van der Waals surface area contributed by atoms with Gasteiger partial charge < -0.3 is 9.64 Å². The van der Waals surface area contributed by atoms with Crippen LogP contribution in [0.3, 0.4) is 0 Å². The summed E-state index contributed by atoms with van der Waals surface area (Å²) in [5, 5.41) is 4.57. The minimum absolute atomic E-state index is 0.0585. The topological polar surface area (TPSA) is 47.4 Å². The highest BCUT2D eigenvalue weighted by Gasteiger charge is 2.28. The van der Waals surface area contributed by atoms with E-state index in [1.54, 1.807) is 13.3 Å². The third-order valence-corrected chi connectivity index (χ3v) is 5.85. The molecule has 0 radical (unpaired) electrons. The zero-order chi connectivity index (χ0) is 18.1. The lowest BCUT2D eigenvalue weighted by atomic mass is 10.1. The molecule has 0 atom stereocenters. The van der Waals surface area contributed by atoms with E-state index in [0.717, 1.165) is 48.5 Å². The molecule has 1 fully saturated rings. The Kier molecular flexibility index (Phi) is 4.70. The normalized spacial score (nSPS) is 17.8. The van der Waals surface area contributed by atoms with E-state index < -0.39 is 0 Å². The molecule has 1 amide bonds. The van der Waals surface area contributed by atoms with Crippen LogP contribution in [-0.4, -0.2) is 29.3 Å². The zero-order valence-electron chi connectivity index (χ0n) is 15.7. The van der Waals surface area contributed by atoms with Crippen LogP contribution in [0, 0.1) is 6.92 Å². The van der Waals surface area contributed by atoms with Crippen molar-refractivity contribution in [2.24, 2.45) is 0 Å². The molecule has 1 aromatic carbocycles. The number of ether oxygens (including phenoxy) is 1. The van der Waals surface area contributed by atoms with Gasteiger partial charge in [-0.2, -0.15) is 5.10 Å². The second-order valence-corrected chi connectivity index (χ2v) is 7.44. The number of hydrogen-bond donors (Lipinski definition) is 0. The number of aromatic nitrogens is 2. The van der Waals surface area contributed by atoms with Crippen LogP contribution in [0.1, 0.15) is 66.2 Å². The molecule has 1 saturated carbocycles. The molecule has 26 heavy (non-hydrogen) atoms. The molecule has 0 bridgehead atoms. The summed E-state index contributed by atoms with van der Waals surface area (Å²) in [6.45, 7) is 2.77. The van der Waals surface area contributed by atoms with Crippen LogP contribution >= 0.6 is 0 Å². The van der Waals surface area contributed by atoms with Crippen LogP contribution in [0.2, 0.25) is 0 Å².